The Bertz CT molecular complexity index is 2170. The summed E-state index contributed by atoms with van der Waals surface area (Å²) in [4.78, 5) is 29.4. The zero-order valence-corrected chi connectivity index (χ0v) is 27.0. The lowest BCUT2D eigenvalue weighted by Gasteiger charge is -2.45. The minimum Gasteiger partial charge on any atom is -0.380 e. The predicted molar refractivity (Wildman–Crippen MR) is 188 cm³/mol. The fourth-order valence-electron chi connectivity index (χ4n) is 8.50. The molecule has 2 aliphatic carbocycles. The molecule has 0 radical (unpaired) electrons. The van der Waals surface area contributed by atoms with Crippen LogP contribution in [0.15, 0.2) is 126 Å². The number of fused-ring (bicyclic) bond motifs is 6. The van der Waals surface area contributed by atoms with E-state index in [2.05, 4.69) is 4.99 Å². The Morgan fingerprint density at radius 3 is 1.74 bits per heavy atom. The summed E-state index contributed by atoms with van der Waals surface area (Å²) in [5, 5.41) is 12.3. The van der Waals surface area contributed by atoms with Crippen molar-refractivity contribution in [1.82, 2.24) is 0 Å². The summed E-state index contributed by atoms with van der Waals surface area (Å²) in [5.41, 5.74) is 4.30. The van der Waals surface area contributed by atoms with E-state index in [1.165, 1.54) is 12.3 Å². The fourth-order valence-corrected chi connectivity index (χ4v) is 8.50. The molecule has 5 aromatic rings. The maximum absolute atomic E-state index is 15.7. The molecule has 1 aliphatic heterocycles. The summed E-state index contributed by atoms with van der Waals surface area (Å²) < 4.78 is 47.2. The van der Waals surface area contributed by atoms with Gasteiger partial charge in [0.1, 0.15) is 6.29 Å². The van der Waals surface area contributed by atoms with Crippen LogP contribution >= 0.6 is 0 Å². The first-order valence-electron chi connectivity index (χ1n) is 16.6. The quantitative estimate of drug-likeness (QED) is 0.130. The van der Waals surface area contributed by atoms with Gasteiger partial charge in [0.25, 0.3) is 0 Å². The van der Waals surface area contributed by atoms with E-state index in [9.17, 15) is 14.7 Å². The summed E-state index contributed by atoms with van der Waals surface area (Å²) in [6.45, 7) is 0. The van der Waals surface area contributed by atoms with Gasteiger partial charge < -0.3 is 5.11 Å². The van der Waals surface area contributed by atoms with Crippen molar-refractivity contribution in [3.05, 3.63) is 166 Å². The average Bonchev–Trinajstić information content (AvgIpc) is 3.69. The zero-order chi connectivity index (χ0) is 34.7. The van der Waals surface area contributed by atoms with E-state index in [-0.39, 0.29) is 23.5 Å². The normalized spacial score (nSPS) is 15.8. The molecule has 3 aliphatic rings. The molecule has 0 amide bonds. The number of ketones is 1. The Morgan fingerprint density at radius 2 is 1.18 bits per heavy atom. The Morgan fingerprint density at radius 1 is 0.660 bits per heavy atom. The molecule has 1 atom stereocenters. The number of rotatable bonds is 8. The molecule has 0 aromatic heterocycles. The average molecular weight is 668 g/mol. The Balaban J connectivity index is 1.48. The number of aliphatic hydroxyl groups is 1. The molecule has 0 saturated carbocycles. The van der Waals surface area contributed by atoms with Crippen molar-refractivity contribution in [2.45, 2.75) is 49.3 Å². The first-order chi connectivity index (χ1) is 24.1. The topological polar surface area (TPSA) is 66.7 Å². The van der Waals surface area contributed by atoms with Crippen molar-refractivity contribution in [1.29, 1.82) is 0 Å². The number of hydrogen-bond donors (Lipinski definition) is 1. The summed E-state index contributed by atoms with van der Waals surface area (Å²) in [6.07, 6.45) is -3.18. The third-order valence-corrected chi connectivity index (χ3v) is 10.6. The number of aldehydes is 1. The molecular weight excluding hydrogens is 635 g/mol. The third kappa shape index (κ3) is 4.99. The highest BCUT2D eigenvalue weighted by Gasteiger charge is 2.60. The standard InChI is InChI=1S/C43H32F3NO3/c44-43(45,46)41(50,24-30-23-31(49)19-20-47-30)26-42(38-16-6-3-11-29(38)25-48,39-17-7-14-34-32-12-4-1-9-27(32)21-36(34)39)40-18-8-15-35-33-13-5-2-10-28(33)22-37(35)40/h1-20,25,50H,21-24,26H2. The van der Waals surface area contributed by atoms with Gasteiger partial charge in [0.2, 0.25) is 0 Å². The van der Waals surface area contributed by atoms with Crippen LogP contribution in [0, 0.1) is 0 Å². The van der Waals surface area contributed by atoms with Gasteiger partial charge in [-0.2, -0.15) is 13.2 Å². The van der Waals surface area contributed by atoms with E-state index >= 15 is 13.2 Å². The minimum absolute atomic E-state index is 0.0497. The minimum atomic E-state index is -5.14. The molecule has 1 N–H and O–H groups in total. The summed E-state index contributed by atoms with van der Waals surface area (Å²) in [6, 6.07) is 34.0. The van der Waals surface area contributed by atoms with Gasteiger partial charge in [-0.15, -0.1) is 0 Å². The van der Waals surface area contributed by atoms with Gasteiger partial charge in [0.05, 0.1) is 0 Å². The molecule has 0 bridgehead atoms. The maximum atomic E-state index is 15.7. The van der Waals surface area contributed by atoms with Crippen molar-refractivity contribution < 1.29 is 27.9 Å². The second-order valence-corrected chi connectivity index (χ2v) is 13.5. The molecule has 0 fully saturated rings. The van der Waals surface area contributed by atoms with E-state index in [4.69, 9.17) is 0 Å². The molecular formula is C43H32F3NO3. The number of carbonyl (C=O) groups is 2. The largest absolute Gasteiger partial charge is 0.417 e. The number of benzene rings is 5. The fraction of sp³-hybridized carbons (Fsp3) is 0.186. The number of aliphatic imine (C=N–C) groups is 1. The van der Waals surface area contributed by atoms with E-state index in [1.807, 2.05) is 84.9 Å². The molecule has 0 spiro atoms. The molecule has 1 heterocycles. The lowest BCUT2D eigenvalue weighted by atomic mass is 9.59. The van der Waals surface area contributed by atoms with Gasteiger partial charge in [-0.3, -0.25) is 14.6 Å². The molecule has 5 aromatic carbocycles. The van der Waals surface area contributed by atoms with Crippen LogP contribution in [0.5, 0.6) is 0 Å². The number of allylic oxidation sites excluding steroid dienone is 1. The van der Waals surface area contributed by atoms with Crippen molar-refractivity contribution in [2.75, 3.05) is 0 Å². The van der Waals surface area contributed by atoms with Crippen LogP contribution in [-0.4, -0.2) is 34.7 Å². The lowest BCUT2D eigenvalue weighted by molar-refractivity contribution is -0.262. The van der Waals surface area contributed by atoms with E-state index in [0.29, 0.717) is 35.8 Å². The number of carbonyl (C=O) groups excluding carboxylic acids is 2. The molecule has 4 nitrogen and oxygen atoms in total. The highest BCUT2D eigenvalue weighted by atomic mass is 19.4. The van der Waals surface area contributed by atoms with Gasteiger partial charge in [0, 0.05) is 42.2 Å². The van der Waals surface area contributed by atoms with Crippen molar-refractivity contribution in [3.8, 4) is 22.3 Å². The van der Waals surface area contributed by atoms with E-state index < -0.39 is 30.0 Å². The van der Waals surface area contributed by atoms with Gasteiger partial charge in [-0.25, -0.2) is 0 Å². The first kappa shape index (κ1) is 31.8. The van der Waals surface area contributed by atoms with Gasteiger partial charge in [-0.1, -0.05) is 109 Å². The van der Waals surface area contributed by atoms with Crippen LogP contribution in [0.4, 0.5) is 13.2 Å². The third-order valence-electron chi connectivity index (χ3n) is 10.6. The van der Waals surface area contributed by atoms with Crippen LogP contribution in [0.1, 0.15) is 68.6 Å². The highest BCUT2D eigenvalue weighted by molar-refractivity contribution is 6.09. The van der Waals surface area contributed by atoms with Crippen LogP contribution in [0.2, 0.25) is 0 Å². The summed E-state index contributed by atoms with van der Waals surface area (Å²) in [7, 11) is 0. The molecule has 248 valence electrons. The summed E-state index contributed by atoms with van der Waals surface area (Å²) >= 11 is 0. The molecule has 0 saturated heterocycles. The molecule has 7 heteroatoms. The van der Waals surface area contributed by atoms with Crippen LogP contribution in [0.25, 0.3) is 22.3 Å². The SMILES string of the molecule is O=Cc1ccccc1C(CC(O)(CC1=NC=CC(=O)C1)C(F)(F)F)(c1cccc2c1Cc1ccccc1-2)c1cccc2c1Cc1ccccc1-2. The lowest BCUT2D eigenvalue weighted by Crippen LogP contribution is -2.53. The van der Waals surface area contributed by atoms with Gasteiger partial charge in [-0.05, 0) is 80.1 Å². The monoisotopic (exact) mass is 667 g/mol. The number of nitrogens with zero attached hydrogens (tertiary/aromatic N) is 1. The van der Waals surface area contributed by atoms with E-state index in [1.54, 1.807) is 24.3 Å². The first-order valence-corrected chi connectivity index (χ1v) is 16.6. The van der Waals surface area contributed by atoms with Crippen LogP contribution < -0.4 is 0 Å². The number of alkyl halides is 3. The Labute approximate surface area is 287 Å². The molecule has 1 unspecified atom stereocenters. The second kappa shape index (κ2) is 11.9. The Kier molecular flexibility index (Phi) is 7.57. The smallest absolute Gasteiger partial charge is 0.380 e. The second-order valence-electron chi connectivity index (χ2n) is 13.5. The predicted octanol–water partition coefficient (Wildman–Crippen LogP) is 8.98. The molecule has 8 rings (SSSR count). The van der Waals surface area contributed by atoms with E-state index in [0.717, 1.165) is 44.5 Å². The zero-order valence-electron chi connectivity index (χ0n) is 27.0. The Hall–Kier alpha value is -5.40. The number of hydrogen-bond acceptors (Lipinski definition) is 4. The van der Waals surface area contributed by atoms with Crippen molar-refractivity contribution in [2.24, 2.45) is 4.99 Å². The van der Waals surface area contributed by atoms with Crippen LogP contribution in [0.3, 0.4) is 0 Å². The van der Waals surface area contributed by atoms with Gasteiger partial charge >= 0.3 is 6.18 Å². The number of halogens is 3. The molecule has 50 heavy (non-hydrogen) atoms. The summed E-state index contributed by atoms with van der Waals surface area (Å²) in [5.74, 6) is -0.380. The van der Waals surface area contributed by atoms with Gasteiger partial charge in [0.15, 0.2) is 11.4 Å². The van der Waals surface area contributed by atoms with Crippen LogP contribution in [-0.2, 0) is 23.1 Å². The van der Waals surface area contributed by atoms with Crippen molar-refractivity contribution >= 4 is 17.8 Å². The maximum Gasteiger partial charge on any atom is 0.417 e. The highest BCUT2D eigenvalue weighted by Crippen LogP contribution is 2.56. The van der Waals surface area contributed by atoms with Crippen molar-refractivity contribution in [3.63, 3.8) is 0 Å².